The van der Waals surface area contributed by atoms with Gasteiger partial charge >= 0.3 is 6.03 Å². The van der Waals surface area contributed by atoms with Gasteiger partial charge in [-0.15, -0.1) is 0 Å². The fourth-order valence-corrected chi connectivity index (χ4v) is 6.25. The second-order valence-corrected chi connectivity index (χ2v) is 11.3. The number of aliphatic hydroxyl groups excluding tert-OH is 1. The second kappa shape index (κ2) is 14.6. The molecule has 3 atom stereocenters. The van der Waals surface area contributed by atoms with Crippen molar-refractivity contribution in [3.05, 3.63) is 34.6 Å². The van der Waals surface area contributed by atoms with Gasteiger partial charge in [0.15, 0.2) is 0 Å². The molecule has 1 saturated heterocycles. The topological polar surface area (TPSA) is 94.1 Å². The van der Waals surface area contributed by atoms with Crippen LogP contribution in [0.1, 0.15) is 69.8 Å². The molecule has 0 bridgehead atoms. The lowest BCUT2D eigenvalue weighted by atomic mass is 9.74. The normalized spacial score (nSPS) is 24.9. The molecule has 1 aliphatic carbocycles. The van der Waals surface area contributed by atoms with Crippen molar-refractivity contribution in [1.29, 1.82) is 0 Å². The molecule has 1 aromatic carbocycles. The lowest BCUT2D eigenvalue weighted by molar-refractivity contribution is -0.0587. The highest BCUT2D eigenvalue weighted by Crippen LogP contribution is 2.42. The van der Waals surface area contributed by atoms with Crippen LogP contribution in [0.25, 0.3) is 0 Å². The zero-order valence-corrected chi connectivity index (χ0v) is 23.1. The summed E-state index contributed by atoms with van der Waals surface area (Å²) in [5.74, 6) is -0.420. The van der Waals surface area contributed by atoms with Crippen molar-refractivity contribution in [1.82, 2.24) is 15.5 Å². The van der Waals surface area contributed by atoms with Gasteiger partial charge in [-0.25, -0.2) is 9.18 Å². The molecule has 7 nitrogen and oxygen atoms in total. The third kappa shape index (κ3) is 8.27. The van der Waals surface area contributed by atoms with Crippen molar-refractivity contribution in [2.45, 2.75) is 82.0 Å². The summed E-state index contributed by atoms with van der Waals surface area (Å²) >= 11 is 6.10. The van der Waals surface area contributed by atoms with Crippen molar-refractivity contribution in [3.63, 3.8) is 0 Å². The monoisotopic (exact) mass is 541 g/mol. The van der Waals surface area contributed by atoms with Crippen LogP contribution in [0.4, 0.5) is 9.18 Å². The second-order valence-electron chi connectivity index (χ2n) is 10.9. The fourth-order valence-electron chi connectivity index (χ4n) is 6.08. The van der Waals surface area contributed by atoms with Crippen LogP contribution < -0.4 is 10.6 Å². The summed E-state index contributed by atoms with van der Waals surface area (Å²) < 4.78 is 20.3. The molecule has 4 N–H and O–H groups in total. The number of likely N-dealkylation sites (tertiary alicyclic amines) is 1. The van der Waals surface area contributed by atoms with Gasteiger partial charge in [-0.05, 0) is 83.2 Å². The molecule has 9 heteroatoms. The molecular weight excluding hydrogens is 497 g/mol. The summed E-state index contributed by atoms with van der Waals surface area (Å²) in [6.45, 7) is 2.18. The van der Waals surface area contributed by atoms with Crippen molar-refractivity contribution in [2.24, 2.45) is 11.8 Å². The molecule has 1 heterocycles. The predicted molar refractivity (Wildman–Crippen MR) is 144 cm³/mol. The number of urea groups is 1. The van der Waals surface area contributed by atoms with E-state index in [0.29, 0.717) is 51.4 Å². The minimum absolute atomic E-state index is 0.0108. The van der Waals surface area contributed by atoms with E-state index in [9.17, 15) is 15.0 Å². The Labute approximate surface area is 226 Å². The third-order valence-corrected chi connectivity index (χ3v) is 8.46. The van der Waals surface area contributed by atoms with Crippen molar-refractivity contribution in [3.8, 4) is 0 Å². The van der Waals surface area contributed by atoms with E-state index in [2.05, 4.69) is 10.6 Å². The quantitative estimate of drug-likeness (QED) is 0.294. The zero-order chi connectivity index (χ0) is 26.8. The minimum Gasteiger partial charge on any atom is -0.393 e. The first kappa shape index (κ1) is 30.1. The van der Waals surface area contributed by atoms with Gasteiger partial charge in [0.25, 0.3) is 0 Å². The Morgan fingerprint density at radius 1 is 1.27 bits per heavy atom. The number of halogens is 2. The Morgan fingerprint density at radius 2 is 2.03 bits per heavy atom. The lowest BCUT2D eigenvalue weighted by Crippen LogP contribution is -2.54. The van der Waals surface area contributed by atoms with Crippen LogP contribution >= 0.6 is 11.6 Å². The van der Waals surface area contributed by atoms with Crippen molar-refractivity contribution < 1.29 is 24.1 Å². The molecule has 2 aliphatic rings. The van der Waals surface area contributed by atoms with Gasteiger partial charge in [0, 0.05) is 50.9 Å². The number of unbranched alkanes of at least 4 members (excludes halogenated alkanes) is 1. The molecule has 0 radical (unpaired) electrons. The van der Waals surface area contributed by atoms with Gasteiger partial charge < -0.3 is 30.5 Å². The number of benzene rings is 1. The molecule has 0 aromatic heterocycles. The number of hydrogen-bond donors (Lipinski definition) is 4. The lowest BCUT2D eigenvalue weighted by Gasteiger charge is -2.43. The molecule has 0 spiro atoms. The molecule has 1 aromatic rings. The molecule has 210 valence electrons. The molecule has 0 unspecified atom stereocenters. The summed E-state index contributed by atoms with van der Waals surface area (Å²) in [6, 6.07) is 4.60. The van der Waals surface area contributed by atoms with Gasteiger partial charge in [-0.1, -0.05) is 23.7 Å². The van der Waals surface area contributed by atoms with Crippen LogP contribution in [0.2, 0.25) is 5.02 Å². The largest absolute Gasteiger partial charge is 0.393 e. The number of ether oxygens (including phenoxy) is 1. The fraction of sp³-hybridized carbons (Fsp3) is 0.750. The number of rotatable bonds is 12. The number of methoxy groups -OCH3 is 1. The first-order valence-corrected chi connectivity index (χ1v) is 14.2. The summed E-state index contributed by atoms with van der Waals surface area (Å²) in [5.41, 5.74) is -1.23. The smallest absolute Gasteiger partial charge is 0.317 e. The summed E-state index contributed by atoms with van der Waals surface area (Å²) in [4.78, 5) is 15.1. The van der Waals surface area contributed by atoms with E-state index in [-0.39, 0.29) is 34.7 Å². The molecule has 37 heavy (non-hydrogen) atoms. The van der Waals surface area contributed by atoms with E-state index in [4.69, 9.17) is 16.3 Å². The molecule has 2 fully saturated rings. The van der Waals surface area contributed by atoms with E-state index < -0.39 is 11.4 Å². The van der Waals surface area contributed by atoms with E-state index in [1.165, 1.54) is 6.07 Å². The van der Waals surface area contributed by atoms with Crippen molar-refractivity contribution >= 4 is 17.6 Å². The van der Waals surface area contributed by atoms with Crippen LogP contribution in [0.3, 0.4) is 0 Å². The van der Waals surface area contributed by atoms with Gasteiger partial charge in [0.05, 0.1) is 16.7 Å². The molecule has 2 amide bonds. The maximum atomic E-state index is 15.2. The Bertz CT molecular complexity index is 855. The number of carbonyl (C=O) groups excluding carboxylic acids is 1. The molecule has 3 rings (SSSR count). The Morgan fingerprint density at radius 3 is 2.73 bits per heavy atom. The number of hydrogen-bond acceptors (Lipinski definition) is 5. The zero-order valence-electron chi connectivity index (χ0n) is 22.4. The number of aliphatic hydroxyl groups is 2. The first-order chi connectivity index (χ1) is 17.8. The average molecular weight is 542 g/mol. The van der Waals surface area contributed by atoms with Crippen LogP contribution in [0.5, 0.6) is 0 Å². The minimum atomic E-state index is -1.44. The van der Waals surface area contributed by atoms with Crippen LogP contribution in [-0.2, 0) is 10.3 Å². The third-order valence-electron chi connectivity index (χ3n) is 8.17. The van der Waals surface area contributed by atoms with Crippen molar-refractivity contribution in [2.75, 3.05) is 40.4 Å². The molecule has 1 saturated carbocycles. The highest BCUT2D eigenvalue weighted by molar-refractivity contribution is 6.30. The summed E-state index contributed by atoms with van der Waals surface area (Å²) in [5, 5.41) is 28.2. The number of carbonyl (C=O) groups is 1. The maximum absolute atomic E-state index is 15.2. The molecule has 1 aliphatic heterocycles. The van der Waals surface area contributed by atoms with E-state index in [1.807, 2.05) is 7.05 Å². The van der Waals surface area contributed by atoms with Crippen LogP contribution in [0, 0.1) is 17.7 Å². The van der Waals surface area contributed by atoms with E-state index in [1.54, 1.807) is 24.1 Å². The predicted octanol–water partition coefficient (Wildman–Crippen LogP) is 4.43. The Balaban J connectivity index is 1.70. The maximum Gasteiger partial charge on any atom is 0.317 e. The van der Waals surface area contributed by atoms with Gasteiger partial charge in [0.1, 0.15) is 5.82 Å². The number of nitrogens with zero attached hydrogens (tertiary/aromatic N) is 1. The van der Waals surface area contributed by atoms with E-state index >= 15 is 4.39 Å². The number of piperidine rings is 1. The summed E-state index contributed by atoms with van der Waals surface area (Å²) in [6.07, 6.45) is 7.48. The van der Waals surface area contributed by atoms with E-state index in [0.717, 1.165) is 44.9 Å². The van der Waals surface area contributed by atoms with Gasteiger partial charge in [0.2, 0.25) is 0 Å². The first-order valence-electron chi connectivity index (χ1n) is 13.8. The number of amides is 2. The number of nitrogens with one attached hydrogen (secondary N) is 2. The highest BCUT2D eigenvalue weighted by atomic mass is 35.5. The van der Waals surface area contributed by atoms with Gasteiger partial charge in [-0.2, -0.15) is 0 Å². The summed E-state index contributed by atoms with van der Waals surface area (Å²) in [7, 11) is 3.52. The highest BCUT2D eigenvalue weighted by Gasteiger charge is 2.43. The molecular formula is C28H45ClFN3O4. The Kier molecular flexibility index (Phi) is 11.9. The SMILES string of the molecule is CNC[C@H](C[C@H]1CC[C@@H](O)CC1)NC(=O)N1CCC[C@@H]([C@@](O)(CCCCOC)c2cccc(Cl)c2F)C1. The Hall–Kier alpha value is -1.45. The standard InChI is InChI=1S/C28H45ClFN3O4/c1-31-18-22(17-20-10-12-23(34)13-11-20)32-27(35)33-15-6-7-21(19-33)28(36,14-3-4-16-37-2)24-8-5-9-25(29)26(24)30/h5,8-9,20-23,31,34,36H,3-4,6-7,10-19H2,1-2H3,(H,32,35)/t20-,21-,22+,23+,28+/m1/s1. The number of likely N-dealkylation sites (N-methyl/N-ethyl adjacent to an activating group) is 1. The van der Waals surface area contributed by atoms with Crippen LogP contribution in [-0.4, -0.2) is 73.7 Å². The van der Waals surface area contributed by atoms with Gasteiger partial charge in [-0.3, -0.25) is 0 Å². The average Bonchev–Trinajstić information content (AvgIpc) is 2.89. The van der Waals surface area contributed by atoms with Crippen LogP contribution in [0.15, 0.2) is 18.2 Å².